The molecule has 1 fully saturated rings. The normalized spacial score (nSPS) is 25.5. The molecule has 1 aliphatic carbocycles. The van der Waals surface area contributed by atoms with Gasteiger partial charge < -0.3 is 5.32 Å². The summed E-state index contributed by atoms with van der Waals surface area (Å²) in [4.78, 5) is 12.0. The maximum absolute atomic E-state index is 12.0. The van der Waals surface area contributed by atoms with Gasteiger partial charge in [0, 0.05) is 10.7 Å². The van der Waals surface area contributed by atoms with Crippen LogP contribution in [0.1, 0.15) is 18.9 Å². The van der Waals surface area contributed by atoms with Gasteiger partial charge >= 0.3 is 0 Å². The Morgan fingerprint density at radius 2 is 2.00 bits per heavy atom. The van der Waals surface area contributed by atoms with Gasteiger partial charge in [-0.1, -0.05) is 17.7 Å². The first-order valence-electron chi connectivity index (χ1n) is 5.22. The smallest absolute Gasteiger partial charge is 0.233 e. The SMILES string of the molecule is Cc1ccc(NC(=O)C2(C)CC2(Cl)Cl)cc1Cl. The highest BCUT2D eigenvalue weighted by Crippen LogP contribution is 2.64. The van der Waals surface area contributed by atoms with Gasteiger partial charge in [-0.15, -0.1) is 23.2 Å². The molecule has 1 amide bonds. The van der Waals surface area contributed by atoms with E-state index in [1.807, 2.05) is 13.0 Å². The summed E-state index contributed by atoms with van der Waals surface area (Å²) in [6.07, 6.45) is 0.467. The fraction of sp³-hybridized carbons (Fsp3) is 0.417. The van der Waals surface area contributed by atoms with Crippen LogP contribution in [0.25, 0.3) is 0 Å². The third-order valence-electron chi connectivity index (χ3n) is 3.19. The van der Waals surface area contributed by atoms with Gasteiger partial charge in [0.2, 0.25) is 5.91 Å². The molecule has 2 rings (SSSR count). The van der Waals surface area contributed by atoms with Crippen molar-refractivity contribution in [3.63, 3.8) is 0 Å². The van der Waals surface area contributed by atoms with Crippen LogP contribution in [0.4, 0.5) is 5.69 Å². The van der Waals surface area contributed by atoms with E-state index in [0.717, 1.165) is 5.56 Å². The largest absolute Gasteiger partial charge is 0.325 e. The number of nitrogens with one attached hydrogen (secondary N) is 1. The van der Waals surface area contributed by atoms with Gasteiger partial charge in [0.25, 0.3) is 0 Å². The molecule has 1 unspecified atom stereocenters. The minimum Gasteiger partial charge on any atom is -0.325 e. The van der Waals surface area contributed by atoms with Gasteiger partial charge in [-0.25, -0.2) is 0 Å². The first-order valence-corrected chi connectivity index (χ1v) is 6.35. The predicted octanol–water partition coefficient (Wildman–Crippen LogP) is 4.17. The van der Waals surface area contributed by atoms with Gasteiger partial charge in [-0.2, -0.15) is 0 Å². The van der Waals surface area contributed by atoms with Crippen molar-refractivity contribution in [1.29, 1.82) is 0 Å². The lowest BCUT2D eigenvalue weighted by atomic mass is 10.1. The van der Waals surface area contributed by atoms with Crippen LogP contribution in [0.15, 0.2) is 18.2 Å². The minimum absolute atomic E-state index is 0.178. The lowest BCUT2D eigenvalue weighted by Gasteiger charge is -2.13. The van der Waals surface area contributed by atoms with Crippen LogP contribution in [-0.4, -0.2) is 10.2 Å². The Kier molecular flexibility index (Phi) is 3.09. The molecule has 0 bridgehead atoms. The number of rotatable bonds is 2. The van der Waals surface area contributed by atoms with E-state index >= 15 is 0 Å². The van der Waals surface area contributed by atoms with E-state index in [1.54, 1.807) is 19.1 Å². The fourth-order valence-electron chi connectivity index (χ4n) is 1.59. The second-order valence-corrected chi connectivity index (χ2v) is 6.52. The molecule has 1 atom stereocenters. The van der Waals surface area contributed by atoms with Crippen molar-refractivity contribution >= 4 is 46.4 Å². The van der Waals surface area contributed by atoms with Gasteiger partial charge in [-0.05, 0) is 38.0 Å². The Bertz CT molecular complexity index is 487. The molecule has 0 saturated heterocycles. The highest BCUT2D eigenvalue weighted by molar-refractivity contribution is 6.53. The van der Waals surface area contributed by atoms with Crippen LogP contribution < -0.4 is 5.32 Å². The van der Waals surface area contributed by atoms with E-state index in [9.17, 15) is 4.79 Å². The van der Waals surface area contributed by atoms with Gasteiger partial charge in [0.05, 0.1) is 5.41 Å². The predicted molar refractivity (Wildman–Crippen MR) is 72.0 cm³/mol. The molecular weight excluding hydrogens is 280 g/mol. The standard InChI is InChI=1S/C12H12Cl3NO/c1-7-3-4-8(5-9(7)13)16-10(17)11(2)6-12(11,14)15/h3-5H,6H2,1-2H3,(H,16,17). The van der Waals surface area contributed by atoms with Crippen molar-refractivity contribution in [2.24, 2.45) is 5.41 Å². The van der Waals surface area contributed by atoms with E-state index in [-0.39, 0.29) is 5.91 Å². The summed E-state index contributed by atoms with van der Waals surface area (Å²) in [6, 6.07) is 5.36. The Morgan fingerprint density at radius 1 is 1.41 bits per heavy atom. The van der Waals surface area contributed by atoms with Crippen molar-refractivity contribution in [2.45, 2.75) is 24.6 Å². The van der Waals surface area contributed by atoms with Crippen LogP contribution in [0.5, 0.6) is 0 Å². The van der Waals surface area contributed by atoms with Crippen molar-refractivity contribution in [3.05, 3.63) is 28.8 Å². The molecule has 92 valence electrons. The fourth-order valence-corrected chi connectivity index (χ4v) is 2.47. The molecule has 1 saturated carbocycles. The van der Waals surface area contributed by atoms with Gasteiger partial charge in [-0.3, -0.25) is 4.79 Å². The number of amides is 1. The first kappa shape index (κ1) is 13.0. The average Bonchev–Trinajstić information content (AvgIpc) is 2.74. The van der Waals surface area contributed by atoms with Crippen molar-refractivity contribution in [2.75, 3.05) is 5.32 Å². The summed E-state index contributed by atoms with van der Waals surface area (Å²) in [6.45, 7) is 3.65. The molecule has 5 heteroatoms. The second kappa shape index (κ2) is 4.04. The maximum Gasteiger partial charge on any atom is 0.233 e. The van der Waals surface area contributed by atoms with Crippen LogP contribution in [0, 0.1) is 12.3 Å². The molecule has 1 aliphatic rings. The van der Waals surface area contributed by atoms with E-state index in [2.05, 4.69) is 5.32 Å². The van der Waals surface area contributed by atoms with Gasteiger partial charge in [0.15, 0.2) is 0 Å². The molecule has 17 heavy (non-hydrogen) atoms. The zero-order valence-electron chi connectivity index (χ0n) is 9.48. The van der Waals surface area contributed by atoms with Crippen molar-refractivity contribution in [1.82, 2.24) is 0 Å². The Labute approximate surface area is 115 Å². The summed E-state index contributed by atoms with van der Waals surface area (Å²) < 4.78 is -0.953. The molecule has 2 nitrogen and oxygen atoms in total. The topological polar surface area (TPSA) is 29.1 Å². The Morgan fingerprint density at radius 3 is 2.47 bits per heavy atom. The van der Waals surface area contributed by atoms with E-state index in [0.29, 0.717) is 17.1 Å². The number of hydrogen-bond acceptors (Lipinski definition) is 1. The molecule has 1 aromatic rings. The number of carbonyl (C=O) groups excluding carboxylic acids is 1. The molecule has 1 N–H and O–H groups in total. The number of halogens is 3. The number of anilines is 1. The van der Waals surface area contributed by atoms with E-state index in [4.69, 9.17) is 34.8 Å². The minimum atomic E-state index is -0.953. The summed E-state index contributed by atoms with van der Waals surface area (Å²) in [5, 5.41) is 3.39. The molecule has 0 spiro atoms. The van der Waals surface area contributed by atoms with Crippen LogP contribution in [0.3, 0.4) is 0 Å². The van der Waals surface area contributed by atoms with Crippen molar-refractivity contribution in [3.8, 4) is 0 Å². The van der Waals surface area contributed by atoms with Gasteiger partial charge in [0.1, 0.15) is 4.33 Å². The summed E-state index contributed by atoms with van der Waals surface area (Å²) in [5.41, 5.74) is 0.905. The first-order chi connectivity index (χ1) is 7.76. The third kappa shape index (κ3) is 2.26. The number of alkyl halides is 2. The molecular formula is C12H12Cl3NO. The van der Waals surface area contributed by atoms with Crippen LogP contribution in [-0.2, 0) is 4.79 Å². The summed E-state index contributed by atoms with van der Waals surface area (Å²) in [7, 11) is 0. The summed E-state index contributed by atoms with van der Waals surface area (Å²) in [5.74, 6) is -0.178. The Balaban J connectivity index is 2.12. The Hall–Kier alpha value is -0.440. The van der Waals surface area contributed by atoms with Crippen molar-refractivity contribution < 1.29 is 4.79 Å². The number of hydrogen-bond donors (Lipinski definition) is 1. The molecule has 0 aliphatic heterocycles. The highest BCUT2D eigenvalue weighted by atomic mass is 35.5. The van der Waals surface area contributed by atoms with E-state index in [1.165, 1.54) is 0 Å². The number of carbonyl (C=O) groups is 1. The average molecular weight is 293 g/mol. The lowest BCUT2D eigenvalue weighted by Crippen LogP contribution is -2.25. The highest BCUT2D eigenvalue weighted by Gasteiger charge is 2.67. The molecule has 0 heterocycles. The second-order valence-electron chi connectivity index (χ2n) is 4.63. The molecule has 1 aromatic carbocycles. The lowest BCUT2D eigenvalue weighted by molar-refractivity contribution is -0.120. The summed E-state index contributed by atoms with van der Waals surface area (Å²) >= 11 is 17.9. The molecule has 0 radical (unpaired) electrons. The monoisotopic (exact) mass is 291 g/mol. The number of aryl methyl sites for hydroxylation is 1. The van der Waals surface area contributed by atoms with Crippen LogP contribution in [0.2, 0.25) is 5.02 Å². The third-order valence-corrected chi connectivity index (χ3v) is 4.70. The quantitative estimate of drug-likeness (QED) is 0.814. The zero-order valence-corrected chi connectivity index (χ0v) is 11.7. The number of benzene rings is 1. The van der Waals surface area contributed by atoms with Crippen LogP contribution >= 0.6 is 34.8 Å². The zero-order chi connectivity index (χ0) is 12.8. The maximum atomic E-state index is 12.0. The molecule has 0 aromatic heterocycles. The van der Waals surface area contributed by atoms with E-state index < -0.39 is 9.75 Å².